The van der Waals surface area contributed by atoms with Crippen molar-refractivity contribution in [3.63, 3.8) is 0 Å². The first kappa shape index (κ1) is 16.0. The Morgan fingerprint density at radius 1 is 1.13 bits per heavy atom. The minimum atomic E-state index is -0.385. The number of rotatable bonds is 5. The first-order chi connectivity index (χ1) is 11.1. The molecule has 3 rings (SSSR count). The fourth-order valence-corrected chi connectivity index (χ4v) is 3.29. The highest BCUT2D eigenvalue weighted by Crippen LogP contribution is 2.28. The van der Waals surface area contributed by atoms with Crippen molar-refractivity contribution in [3.8, 4) is 0 Å². The molecule has 1 saturated heterocycles. The average molecular weight is 311 g/mol. The molecule has 23 heavy (non-hydrogen) atoms. The summed E-state index contributed by atoms with van der Waals surface area (Å²) in [6.07, 6.45) is 1.49. The second kappa shape index (κ2) is 6.69. The maximum Gasteiger partial charge on any atom is 0.220 e. The van der Waals surface area contributed by atoms with E-state index in [1.54, 1.807) is 0 Å². The van der Waals surface area contributed by atoms with Crippen molar-refractivity contribution in [3.05, 3.63) is 48.0 Å². The molecule has 1 heterocycles. The van der Waals surface area contributed by atoms with Crippen LogP contribution in [0.2, 0.25) is 0 Å². The molecular weight excluding hydrogens is 286 g/mol. The number of carbonyl (C=O) groups excluding carboxylic acids is 1. The lowest BCUT2D eigenvalue weighted by Crippen LogP contribution is -2.41. The molecule has 0 unspecified atom stereocenters. The molecule has 1 amide bonds. The number of nitrogens with one attached hydrogen (secondary N) is 3. The van der Waals surface area contributed by atoms with Crippen LogP contribution < -0.4 is 16.2 Å². The monoisotopic (exact) mass is 311 g/mol. The molecule has 0 radical (unpaired) electrons. The molecule has 4 heteroatoms. The van der Waals surface area contributed by atoms with E-state index in [2.05, 4.69) is 60.3 Å². The van der Waals surface area contributed by atoms with Crippen LogP contribution in [0.4, 0.5) is 0 Å². The number of hydrogen-bond acceptors (Lipinski definition) is 3. The predicted octanol–water partition coefficient (Wildman–Crippen LogP) is 2.70. The highest BCUT2D eigenvalue weighted by atomic mass is 16.1. The van der Waals surface area contributed by atoms with Crippen LogP contribution >= 0.6 is 0 Å². The van der Waals surface area contributed by atoms with Gasteiger partial charge in [-0.1, -0.05) is 42.5 Å². The molecule has 0 aliphatic carbocycles. The number of hydrogen-bond donors (Lipinski definition) is 3. The Hall–Kier alpha value is -1.91. The minimum absolute atomic E-state index is 0.120. The van der Waals surface area contributed by atoms with Gasteiger partial charge in [0, 0.05) is 19.5 Å². The van der Waals surface area contributed by atoms with Crippen LogP contribution in [0, 0.1) is 5.92 Å². The average Bonchev–Trinajstić information content (AvgIpc) is 3.05. The standard InChI is InChI=1S/C19H25N3O/c1-19(2,22-18(23)11-10-14-12-20-21-13-14)17-9-5-7-15-6-3-4-8-16(15)17/h3-9,14,20-21H,10-13H2,1-2H3,(H,22,23). The highest BCUT2D eigenvalue weighted by molar-refractivity contribution is 5.87. The van der Waals surface area contributed by atoms with Crippen LogP contribution in [-0.2, 0) is 10.3 Å². The molecule has 4 nitrogen and oxygen atoms in total. The number of fused-ring (bicyclic) bond motifs is 1. The summed E-state index contributed by atoms with van der Waals surface area (Å²) in [6, 6.07) is 14.6. The molecular formula is C19H25N3O. The van der Waals surface area contributed by atoms with Crippen molar-refractivity contribution in [2.45, 2.75) is 32.2 Å². The summed E-state index contributed by atoms with van der Waals surface area (Å²) < 4.78 is 0. The molecule has 122 valence electrons. The second-order valence-electron chi connectivity index (χ2n) is 6.87. The van der Waals surface area contributed by atoms with E-state index in [9.17, 15) is 4.79 Å². The fraction of sp³-hybridized carbons (Fsp3) is 0.421. The zero-order chi connectivity index (χ0) is 16.3. The van der Waals surface area contributed by atoms with Gasteiger partial charge in [0.1, 0.15) is 0 Å². The lowest BCUT2D eigenvalue weighted by molar-refractivity contribution is -0.123. The van der Waals surface area contributed by atoms with E-state index in [1.165, 1.54) is 10.8 Å². The zero-order valence-corrected chi connectivity index (χ0v) is 13.9. The van der Waals surface area contributed by atoms with Gasteiger partial charge >= 0.3 is 0 Å². The first-order valence-corrected chi connectivity index (χ1v) is 8.31. The van der Waals surface area contributed by atoms with E-state index in [0.717, 1.165) is 25.1 Å². The molecule has 0 spiro atoms. The summed E-state index contributed by atoms with van der Waals surface area (Å²) >= 11 is 0. The molecule has 3 N–H and O–H groups in total. The van der Waals surface area contributed by atoms with Crippen molar-refractivity contribution >= 4 is 16.7 Å². The van der Waals surface area contributed by atoms with Crippen LogP contribution in [0.3, 0.4) is 0 Å². The van der Waals surface area contributed by atoms with Crippen LogP contribution in [0.15, 0.2) is 42.5 Å². The number of benzene rings is 2. The van der Waals surface area contributed by atoms with E-state index < -0.39 is 0 Å². The topological polar surface area (TPSA) is 53.2 Å². The predicted molar refractivity (Wildman–Crippen MR) is 93.8 cm³/mol. The van der Waals surface area contributed by atoms with Gasteiger partial charge in [-0.15, -0.1) is 0 Å². The highest BCUT2D eigenvalue weighted by Gasteiger charge is 2.25. The summed E-state index contributed by atoms with van der Waals surface area (Å²) in [5, 5.41) is 5.61. The van der Waals surface area contributed by atoms with Crippen molar-refractivity contribution in [2.24, 2.45) is 5.92 Å². The van der Waals surface area contributed by atoms with Gasteiger partial charge in [0.05, 0.1) is 5.54 Å². The normalized spacial score (nSPS) is 15.9. The number of hydrazine groups is 1. The fourth-order valence-electron chi connectivity index (χ4n) is 3.29. The lowest BCUT2D eigenvalue weighted by Gasteiger charge is -2.28. The Bertz CT molecular complexity index is 685. The van der Waals surface area contributed by atoms with Gasteiger partial charge in [0.25, 0.3) is 0 Å². The Morgan fingerprint density at radius 2 is 1.83 bits per heavy atom. The largest absolute Gasteiger partial charge is 0.347 e. The van der Waals surface area contributed by atoms with Crippen molar-refractivity contribution in [2.75, 3.05) is 13.1 Å². The number of amides is 1. The van der Waals surface area contributed by atoms with Crippen LogP contribution in [0.25, 0.3) is 10.8 Å². The Kier molecular flexibility index (Phi) is 4.64. The number of carbonyl (C=O) groups is 1. The third kappa shape index (κ3) is 3.71. The Labute approximate surface area is 137 Å². The first-order valence-electron chi connectivity index (χ1n) is 8.31. The van der Waals surface area contributed by atoms with E-state index in [0.29, 0.717) is 12.3 Å². The minimum Gasteiger partial charge on any atom is -0.347 e. The van der Waals surface area contributed by atoms with E-state index in [4.69, 9.17) is 0 Å². The molecule has 0 atom stereocenters. The van der Waals surface area contributed by atoms with E-state index in [-0.39, 0.29) is 11.4 Å². The van der Waals surface area contributed by atoms with Crippen LogP contribution in [-0.4, -0.2) is 19.0 Å². The van der Waals surface area contributed by atoms with E-state index in [1.807, 2.05) is 12.1 Å². The van der Waals surface area contributed by atoms with Gasteiger partial charge in [-0.2, -0.15) is 0 Å². The Balaban J connectivity index is 1.71. The molecule has 0 bridgehead atoms. The van der Waals surface area contributed by atoms with Gasteiger partial charge in [0.15, 0.2) is 0 Å². The van der Waals surface area contributed by atoms with Crippen LogP contribution in [0.1, 0.15) is 32.3 Å². The molecule has 1 aliphatic heterocycles. The van der Waals surface area contributed by atoms with Crippen molar-refractivity contribution in [1.82, 2.24) is 16.2 Å². The summed E-state index contributed by atoms with van der Waals surface area (Å²) in [6.45, 7) is 6.04. The van der Waals surface area contributed by atoms with Gasteiger partial charge in [0.2, 0.25) is 5.91 Å². The molecule has 1 aliphatic rings. The maximum absolute atomic E-state index is 12.4. The van der Waals surface area contributed by atoms with Gasteiger partial charge in [-0.25, -0.2) is 0 Å². The lowest BCUT2D eigenvalue weighted by atomic mass is 9.89. The third-order valence-corrected chi connectivity index (χ3v) is 4.60. The molecule has 2 aromatic rings. The van der Waals surface area contributed by atoms with Gasteiger partial charge < -0.3 is 5.32 Å². The Morgan fingerprint density at radius 3 is 2.61 bits per heavy atom. The quantitative estimate of drug-likeness (QED) is 0.796. The van der Waals surface area contributed by atoms with Crippen molar-refractivity contribution in [1.29, 1.82) is 0 Å². The summed E-state index contributed by atoms with van der Waals surface area (Å²) in [4.78, 5) is 12.4. The van der Waals surface area contributed by atoms with Gasteiger partial charge in [-0.05, 0) is 42.5 Å². The second-order valence-corrected chi connectivity index (χ2v) is 6.87. The zero-order valence-electron chi connectivity index (χ0n) is 13.9. The third-order valence-electron chi connectivity index (χ3n) is 4.60. The molecule has 2 aromatic carbocycles. The summed E-state index contributed by atoms with van der Waals surface area (Å²) in [5.74, 6) is 0.663. The summed E-state index contributed by atoms with van der Waals surface area (Å²) in [5.41, 5.74) is 6.99. The smallest absolute Gasteiger partial charge is 0.220 e. The van der Waals surface area contributed by atoms with Crippen LogP contribution in [0.5, 0.6) is 0 Å². The van der Waals surface area contributed by atoms with Crippen molar-refractivity contribution < 1.29 is 4.79 Å². The molecule has 0 aromatic heterocycles. The van der Waals surface area contributed by atoms with E-state index >= 15 is 0 Å². The maximum atomic E-state index is 12.4. The molecule has 0 saturated carbocycles. The summed E-state index contributed by atoms with van der Waals surface area (Å²) in [7, 11) is 0. The SMILES string of the molecule is CC(C)(NC(=O)CCC1CNNC1)c1cccc2ccccc12. The molecule has 1 fully saturated rings. The van der Waals surface area contributed by atoms with Gasteiger partial charge in [-0.3, -0.25) is 15.6 Å².